The van der Waals surface area contributed by atoms with Crippen LogP contribution in [0.25, 0.3) is 11.3 Å². The number of ether oxygens (including phenoxy) is 2. The number of pyridine rings is 1. The molecule has 27 heavy (non-hydrogen) atoms. The Labute approximate surface area is 156 Å². The van der Waals surface area contributed by atoms with Gasteiger partial charge in [0.25, 0.3) is 5.91 Å². The highest BCUT2D eigenvalue weighted by molar-refractivity contribution is 6.03. The molecule has 3 aromatic rings. The Bertz CT molecular complexity index is 1000. The minimum Gasteiger partial charge on any atom is -0.486 e. The van der Waals surface area contributed by atoms with Crippen molar-refractivity contribution in [3.63, 3.8) is 0 Å². The molecule has 1 aliphatic heterocycles. The molecule has 0 unspecified atom stereocenters. The number of nitrogens with zero attached hydrogens (tertiary/aromatic N) is 3. The van der Waals surface area contributed by atoms with E-state index in [0.29, 0.717) is 36.2 Å². The first kappa shape index (κ1) is 17.0. The first-order valence-electron chi connectivity index (χ1n) is 8.57. The maximum atomic E-state index is 12.3. The summed E-state index contributed by atoms with van der Waals surface area (Å²) in [5.74, 6) is 1.49. The number of carbonyl (C=O) groups is 1. The van der Waals surface area contributed by atoms with Crippen LogP contribution in [0.15, 0.2) is 42.9 Å². The highest BCUT2D eigenvalue weighted by atomic mass is 16.6. The van der Waals surface area contributed by atoms with Gasteiger partial charge in [-0.2, -0.15) is 0 Å². The van der Waals surface area contributed by atoms with E-state index in [1.165, 1.54) is 6.20 Å². The highest BCUT2D eigenvalue weighted by Gasteiger charge is 2.16. The third kappa shape index (κ3) is 3.44. The fourth-order valence-corrected chi connectivity index (χ4v) is 2.90. The van der Waals surface area contributed by atoms with Crippen molar-refractivity contribution in [1.29, 1.82) is 0 Å². The van der Waals surface area contributed by atoms with E-state index in [2.05, 4.69) is 20.3 Å². The van der Waals surface area contributed by atoms with E-state index in [9.17, 15) is 4.79 Å². The Morgan fingerprint density at radius 1 is 1.00 bits per heavy atom. The summed E-state index contributed by atoms with van der Waals surface area (Å²) in [5, 5.41) is 2.72. The minimum atomic E-state index is -0.314. The van der Waals surface area contributed by atoms with E-state index < -0.39 is 0 Å². The molecule has 4 rings (SSSR count). The summed E-state index contributed by atoms with van der Waals surface area (Å²) in [6, 6.07) is 7.46. The van der Waals surface area contributed by atoms with E-state index in [4.69, 9.17) is 9.47 Å². The Morgan fingerprint density at radius 2 is 1.78 bits per heavy atom. The standard InChI is InChI=1S/C20H18N4O3/c1-12-4-3-5-21-19(12)20(25)24-18-11-22-15(10-23-18)14-9-17-16(8-13(14)2)26-6-7-27-17/h3-5,8-11H,6-7H2,1-2H3,(H,23,24,25). The monoisotopic (exact) mass is 362 g/mol. The van der Waals surface area contributed by atoms with Gasteiger partial charge in [0, 0.05) is 11.8 Å². The zero-order valence-electron chi connectivity index (χ0n) is 15.0. The van der Waals surface area contributed by atoms with Crippen LogP contribution in [0.5, 0.6) is 11.5 Å². The number of fused-ring (bicyclic) bond motifs is 1. The Morgan fingerprint density at radius 3 is 2.48 bits per heavy atom. The summed E-state index contributed by atoms with van der Waals surface area (Å²) in [4.78, 5) is 25.2. The Kier molecular flexibility index (Phi) is 4.42. The molecule has 0 spiro atoms. The van der Waals surface area contributed by atoms with Gasteiger partial charge in [-0.1, -0.05) is 6.07 Å². The fourth-order valence-electron chi connectivity index (χ4n) is 2.90. The second kappa shape index (κ2) is 7.03. The molecule has 7 heteroatoms. The molecule has 2 aromatic heterocycles. The summed E-state index contributed by atoms with van der Waals surface area (Å²) in [5.41, 5.74) is 3.77. The maximum Gasteiger partial charge on any atom is 0.275 e. The number of carbonyl (C=O) groups excluding carboxylic acids is 1. The SMILES string of the molecule is Cc1cc2c(cc1-c1cnc(NC(=O)c3ncccc3C)cn1)OCCO2. The lowest BCUT2D eigenvalue weighted by molar-refractivity contribution is 0.102. The third-order valence-electron chi connectivity index (χ3n) is 4.28. The first-order valence-corrected chi connectivity index (χ1v) is 8.57. The van der Waals surface area contributed by atoms with Gasteiger partial charge in [0.15, 0.2) is 17.3 Å². The largest absolute Gasteiger partial charge is 0.486 e. The van der Waals surface area contributed by atoms with Crippen molar-refractivity contribution in [2.24, 2.45) is 0 Å². The summed E-state index contributed by atoms with van der Waals surface area (Å²) in [6.45, 7) is 4.89. The van der Waals surface area contributed by atoms with Crippen LogP contribution in [0.3, 0.4) is 0 Å². The van der Waals surface area contributed by atoms with Crippen molar-refractivity contribution in [3.05, 3.63) is 59.7 Å². The quantitative estimate of drug-likeness (QED) is 0.770. The lowest BCUT2D eigenvalue weighted by Gasteiger charge is -2.20. The van der Waals surface area contributed by atoms with Gasteiger partial charge in [0.2, 0.25) is 0 Å². The molecule has 0 aliphatic carbocycles. The summed E-state index contributed by atoms with van der Waals surface area (Å²) in [6.07, 6.45) is 4.74. The molecular formula is C20H18N4O3. The Balaban J connectivity index is 1.56. The van der Waals surface area contributed by atoms with Gasteiger partial charge in [-0.3, -0.25) is 14.8 Å². The number of hydrogen-bond donors (Lipinski definition) is 1. The minimum absolute atomic E-state index is 0.314. The van der Waals surface area contributed by atoms with E-state index >= 15 is 0 Å². The highest BCUT2D eigenvalue weighted by Crippen LogP contribution is 2.36. The molecule has 1 aliphatic rings. The average Bonchev–Trinajstić information content (AvgIpc) is 2.68. The zero-order valence-corrected chi connectivity index (χ0v) is 15.0. The summed E-state index contributed by atoms with van der Waals surface area (Å²) in [7, 11) is 0. The molecular weight excluding hydrogens is 344 g/mol. The van der Waals surface area contributed by atoms with Gasteiger partial charge < -0.3 is 14.8 Å². The second-order valence-corrected chi connectivity index (χ2v) is 6.22. The first-order chi connectivity index (χ1) is 13.1. The lowest BCUT2D eigenvalue weighted by Crippen LogP contribution is -2.16. The van der Waals surface area contributed by atoms with Crippen LogP contribution in [-0.4, -0.2) is 34.1 Å². The van der Waals surface area contributed by atoms with Crippen molar-refractivity contribution in [3.8, 4) is 22.8 Å². The molecule has 0 bridgehead atoms. The number of hydrogen-bond acceptors (Lipinski definition) is 6. The molecule has 7 nitrogen and oxygen atoms in total. The second-order valence-electron chi connectivity index (χ2n) is 6.22. The van der Waals surface area contributed by atoms with Crippen LogP contribution in [0.1, 0.15) is 21.6 Å². The lowest BCUT2D eigenvalue weighted by atomic mass is 10.0. The van der Waals surface area contributed by atoms with Crippen LogP contribution in [-0.2, 0) is 0 Å². The van der Waals surface area contributed by atoms with E-state index in [0.717, 1.165) is 22.4 Å². The molecule has 0 radical (unpaired) electrons. The maximum absolute atomic E-state index is 12.3. The molecule has 0 atom stereocenters. The molecule has 0 saturated heterocycles. The predicted octanol–water partition coefficient (Wildman–Crippen LogP) is 3.18. The van der Waals surface area contributed by atoms with Gasteiger partial charge in [0.1, 0.15) is 18.9 Å². The summed E-state index contributed by atoms with van der Waals surface area (Å²) >= 11 is 0. The molecule has 3 heterocycles. The van der Waals surface area contributed by atoms with Crippen molar-refractivity contribution < 1.29 is 14.3 Å². The predicted molar refractivity (Wildman–Crippen MR) is 100 cm³/mol. The number of benzene rings is 1. The number of rotatable bonds is 3. The van der Waals surface area contributed by atoms with Crippen LogP contribution in [0, 0.1) is 13.8 Å². The number of nitrogens with one attached hydrogen (secondary N) is 1. The van der Waals surface area contributed by atoms with Gasteiger partial charge in [0.05, 0.1) is 18.1 Å². The van der Waals surface area contributed by atoms with Crippen molar-refractivity contribution >= 4 is 11.7 Å². The number of anilines is 1. The van der Waals surface area contributed by atoms with E-state index in [1.54, 1.807) is 18.5 Å². The molecule has 136 valence electrons. The molecule has 1 N–H and O–H groups in total. The van der Waals surface area contributed by atoms with Crippen LogP contribution in [0.4, 0.5) is 5.82 Å². The zero-order chi connectivity index (χ0) is 18.8. The number of amides is 1. The van der Waals surface area contributed by atoms with Crippen LogP contribution in [0.2, 0.25) is 0 Å². The van der Waals surface area contributed by atoms with Crippen molar-refractivity contribution in [1.82, 2.24) is 15.0 Å². The van der Waals surface area contributed by atoms with Gasteiger partial charge in [-0.25, -0.2) is 4.98 Å². The van der Waals surface area contributed by atoms with Crippen molar-refractivity contribution in [2.75, 3.05) is 18.5 Å². The van der Waals surface area contributed by atoms with Gasteiger partial charge >= 0.3 is 0 Å². The van der Waals surface area contributed by atoms with Crippen LogP contribution < -0.4 is 14.8 Å². The van der Waals surface area contributed by atoms with Gasteiger partial charge in [-0.15, -0.1) is 0 Å². The normalized spacial score (nSPS) is 12.5. The smallest absolute Gasteiger partial charge is 0.275 e. The van der Waals surface area contributed by atoms with E-state index in [-0.39, 0.29) is 5.91 Å². The molecule has 1 aromatic carbocycles. The number of aryl methyl sites for hydroxylation is 2. The molecule has 1 amide bonds. The summed E-state index contributed by atoms with van der Waals surface area (Å²) < 4.78 is 11.2. The third-order valence-corrected chi connectivity index (χ3v) is 4.28. The number of aromatic nitrogens is 3. The fraction of sp³-hybridized carbons (Fsp3) is 0.200. The van der Waals surface area contributed by atoms with Crippen molar-refractivity contribution in [2.45, 2.75) is 13.8 Å². The molecule has 0 fully saturated rings. The van der Waals surface area contributed by atoms with E-state index in [1.807, 2.05) is 32.0 Å². The Hall–Kier alpha value is -3.48. The molecule has 0 saturated carbocycles. The van der Waals surface area contributed by atoms with Crippen LogP contribution >= 0.6 is 0 Å². The topological polar surface area (TPSA) is 86.2 Å². The van der Waals surface area contributed by atoms with Gasteiger partial charge in [-0.05, 0) is 43.2 Å². The average molecular weight is 362 g/mol.